The van der Waals surface area contributed by atoms with Crippen LogP contribution in [0.25, 0.3) is 33.4 Å². The van der Waals surface area contributed by atoms with Crippen molar-refractivity contribution < 1.29 is 31.5 Å². The normalized spacial score (nSPS) is 17.6. The Kier molecular flexibility index (Phi) is 6.05. The number of alkyl halides is 2. The topological polar surface area (TPSA) is 81.4 Å². The number of benzene rings is 1. The van der Waals surface area contributed by atoms with Crippen LogP contribution in [0.3, 0.4) is 0 Å². The lowest BCUT2D eigenvalue weighted by Gasteiger charge is -2.21. The van der Waals surface area contributed by atoms with E-state index in [1.165, 1.54) is 42.0 Å². The third-order valence-corrected chi connectivity index (χ3v) is 7.01. The van der Waals surface area contributed by atoms with Crippen molar-refractivity contribution in [3.05, 3.63) is 77.1 Å². The van der Waals surface area contributed by atoms with Crippen molar-refractivity contribution in [1.29, 1.82) is 0 Å². The van der Waals surface area contributed by atoms with Gasteiger partial charge in [-0.05, 0) is 30.2 Å². The number of aromatic nitrogens is 3. The first kappa shape index (κ1) is 24.1. The molecule has 6 rings (SSSR count). The van der Waals surface area contributed by atoms with Crippen LogP contribution in [-0.4, -0.2) is 38.9 Å². The molecule has 0 spiro atoms. The molecule has 1 aliphatic carbocycles. The molecule has 7 nitrogen and oxygen atoms in total. The van der Waals surface area contributed by atoms with Crippen molar-refractivity contribution in [2.45, 2.75) is 32.4 Å². The molecule has 4 heterocycles. The Labute approximate surface area is 213 Å². The minimum Gasteiger partial charge on any atom is -0.451 e. The summed E-state index contributed by atoms with van der Waals surface area (Å²) >= 11 is 0. The third-order valence-electron chi connectivity index (χ3n) is 7.01. The number of fused-ring (bicyclic) bond motifs is 3. The number of nitrogens with zero attached hydrogens (tertiary/aromatic N) is 4. The first-order valence-electron chi connectivity index (χ1n) is 11.9. The van der Waals surface area contributed by atoms with Gasteiger partial charge in [0.15, 0.2) is 11.0 Å². The molecular formula is C27H20F4N4O3. The predicted molar refractivity (Wildman–Crippen MR) is 127 cm³/mol. The van der Waals surface area contributed by atoms with E-state index in [-0.39, 0.29) is 54.5 Å². The van der Waals surface area contributed by atoms with Gasteiger partial charge in [0, 0.05) is 65.6 Å². The zero-order valence-electron chi connectivity index (χ0n) is 19.8. The quantitative estimate of drug-likeness (QED) is 0.356. The lowest BCUT2D eigenvalue weighted by atomic mass is 9.89. The van der Waals surface area contributed by atoms with E-state index in [2.05, 4.69) is 15.0 Å². The number of hydrogen-bond acceptors (Lipinski definition) is 6. The molecule has 0 bridgehead atoms. The van der Waals surface area contributed by atoms with Crippen LogP contribution in [0.5, 0.6) is 0 Å². The Hall–Kier alpha value is -4.28. The van der Waals surface area contributed by atoms with E-state index >= 15 is 0 Å². The number of pyridine rings is 1. The SMILES string of the molecule is O=C1CC(C2=c3c(oc4cnccc34)=C(OC(F)F)CC2)CN1Cc1c(F)cc(-c2cncnc2)cc1F. The average molecular weight is 524 g/mol. The Balaban J connectivity index is 1.34. The third kappa shape index (κ3) is 4.27. The minimum atomic E-state index is -3.00. The molecule has 3 aromatic heterocycles. The van der Waals surface area contributed by atoms with E-state index in [1.54, 1.807) is 12.3 Å². The molecule has 0 radical (unpaired) electrons. The second-order valence-electron chi connectivity index (χ2n) is 9.23. The molecule has 1 aromatic carbocycles. The standard InChI is InChI=1S/C27H20F4N4O3/c28-20-5-14(16-8-33-13-34-9-16)6-21(29)19(20)12-35-11-15(7-24(35)36)17-1-2-22(38-27(30)31)26-25(17)18-3-4-32-10-23(18)37-26/h3-6,8-10,13,15,27H,1-2,7,11-12H2. The van der Waals surface area contributed by atoms with Crippen molar-refractivity contribution in [3.8, 4) is 11.1 Å². The van der Waals surface area contributed by atoms with Crippen LogP contribution in [0.2, 0.25) is 0 Å². The van der Waals surface area contributed by atoms with Crippen LogP contribution in [0.15, 0.2) is 53.7 Å². The summed E-state index contributed by atoms with van der Waals surface area (Å²) in [5, 5.41) is 1.30. The smallest absolute Gasteiger partial charge is 0.387 e. The first-order chi connectivity index (χ1) is 18.4. The summed E-state index contributed by atoms with van der Waals surface area (Å²) in [5.41, 5.74) is 2.03. The highest BCUT2D eigenvalue weighted by Crippen LogP contribution is 2.34. The summed E-state index contributed by atoms with van der Waals surface area (Å²) < 4.78 is 66.6. The number of hydrogen-bond donors (Lipinski definition) is 0. The Morgan fingerprint density at radius 2 is 1.82 bits per heavy atom. The van der Waals surface area contributed by atoms with Crippen LogP contribution >= 0.6 is 0 Å². The van der Waals surface area contributed by atoms with Crippen LogP contribution in [-0.2, 0) is 16.1 Å². The van der Waals surface area contributed by atoms with Crippen molar-refractivity contribution in [2.75, 3.05) is 6.54 Å². The maximum atomic E-state index is 15.0. The molecule has 2 aliphatic rings. The summed E-state index contributed by atoms with van der Waals surface area (Å²) in [7, 11) is 0. The van der Waals surface area contributed by atoms with Crippen LogP contribution in [0.4, 0.5) is 17.6 Å². The Bertz CT molecular complexity index is 1650. The van der Waals surface area contributed by atoms with E-state index in [0.29, 0.717) is 33.7 Å². The molecule has 1 fully saturated rings. The van der Waals surface area contributed by atoms with Gasteiger partial charge in [-0.15, -0.1) is 0 Å². The van der Waals surface area contributed by atoms with Crippen molar-refractivity contribution >= 4 is 28.2 Å². The minimum absolute atomic E-state index is 0.0455. The second kappa shape index (κ2) is 9.55. The van der Waals surface area contributed by atoms with Gasteiger partial charge in [0.25, 0.3) is 0 Å². The summed E-state index contributed by atoms with van der Waals surface area (Å²) in [6, 6.07) is 4.12. The molecule has 0 N–H and O–H groups in total. The fourth-order valence-corrected chi connectivity index (χ4v) is 5.30. The van der Waals surface area contributed by atoms with Crippen molar-refractivity contribution in [2.24, 2.45) is 5.92 Å². The van der Waals surface area contributed by atoms with E-state index in [1.807, 2.05) is 0 Å². The Morgan fingerprint density at radius 1 is 1.05 bits per heavy atom. The highest BCUT2D eigenvalue weighted by atomic mass is 19.3. The molecule has 11 heteroatoms. The lowest BCUT2D eigenvalue weighted by molar-refractivity contribution is -0.128. The van der Waals surface area contributed by atoms with Crippen molar-refractivity contribution in [3.63, 3.8) is 0 Å². The van der Waals surface area contributed by atoms with Crippen LogP contribution in [0.1, 0.15) is 24.8 Å². The number of amides is 1. The lowest BCUT2D eigenvalue weighted by Crippen LogP contribution is -2.33. The van der Waals surface area contributed by atoms with Gasteiger partial charge < -0.3 is 14.1 Å². The fourth-order valence-electron chi connectivity index (χ4n) is 5.30. The maximum Gasteiger partial charge on any atom is 0.387 e. The number of carbonyl (C=O) groups is 1. The molecule has 1 unspecified atom stereocenters. The molecule has 1 amide bonds. The van der Waals surface area contributed by atoms with Gasteiger partial charge in [0.2, 0.25) is 5.91 Å². The average Bonchev–Trinajstić information content (AvgIpc) is 3.47. The monoisotopic (exact) mass is 524 g/mol. The number of rotatable bonds is 6. The predicted octanol–water partition coefficient (Wildman–Crippen LogP) is 3.90. The van der Waals surface area contributed by atoms with Gasteiger partial charge in [0.1, 0.15) is 23.7 Å². The zero-order valence-corrected chi connectivity index (χ0v) is 19.8. The van der Waals surface area contributed by atoms with Gasteiger partial charge >= 0.3 is 6.61 Å². The zero-order chi connectivity index (χ0) is 26.4. The molecule has 1 saturated heterocycles. The summed E-state index contributed by atoms with van der Waals surface area (Å²) in [6.45, 7) is -3.01. The second-order valence-corrected chi connectivity index (χ2v) is 9.23. The molecule has 4 aromatic rings. The highest BCUT2D eigenvalue weighted by molar-refractivity contribution is 5.85. The first-order valence-corrected chi connectivity index (χ1v) is 11.9. The van der Waals surface area contributed by atoms with Crippen molar-refractivity contribution in [1.82, 2.24) is 19.9 Å². The number of halogens is 4. The van der Waals surface area contributed by atoms with E-state index < -0.39 is 18.2 Å². The largest absolute Gasteiger partial charge is 0.451 e. The van der Waals surface area contributed by atoms with Crippen LogP contribution < -0.4 is 10.6 Å². The summed E-state index contributed by atoms with van der Waals surface area (Å²) in [6.07, 6.45) is 7.98. The fraction of sp³-hybridized carbons (Fsp3) is 0.259. The van der Waals surface area contributed by atoms with Gasteiger partial charge in [-0.3, -0.25) is 9.78 Å². The van der Waals surface area contributed by atoms with Crippen LogP contribution in [0, 0.1) is 17.6 Å². The van der Waals surface area contributed by atoms with Gasteiger partial charge in [-0.1, -0.05) is 5.57 Å². The number of carbonyl (C=O) groups excluding carboxylic acids is 1. The van der Waals surface area contributed by atoms with E-state index in [9.17, 15) is 22.4 Å². The molecule has 1 atom stereocenters. The molecule has 194 valence electrons. The summed E-state index contributed by atoms with van der Waals surface area (Å²) in [5.74, 6) is -2.04. The molecular weight excluding hydrogens is 504 g/mol. The number of furan rings is 1. The van der Waals surface area contributed by atoms with E-state index in [0.717, 1.165) is 5.57 Å². The summed E-state index contributed by atoms with van der Waals surface area (Å²) in [4.78, 5) is 26.2. The Morgan fingerprint density at radius 3 is 2.55 bits per heavy atom. The maximum absolute atomic E-state index is 15.0. The highest BCUT2D eigenvalue weighted by Gasteiger charge is 2.35. The molecule has 0 saturated carbocycles. The molecule has 38 heavy (non-hydrogen) atoms. The van der Waals surface area contributed by atoms with Gasteiger partial charge in [-0.2, -0.15) is 8.78 Å². The van der Waals surface area contributed by atoms with Gasteiger partial charge in [-0.25, -0.2) is 18.7 Å². The molecule has 1 aliphatic heterocycles. The number of likely N-dealkylation sites (tertiary alicyclic amines) is 1. The van der Waals surface area contributed by atoms with E-state index in [4.69, 9.17) is 9.15 Å². The van der Waals surface area contributed by atoms with Gasteiger partial charge in [0.05, 0.1) is 12.7 Å². The number of ether oxygens (including phenoxy) is 1.